The van der Waals surface area contributed by atoms with Crippen molar-refractivity contribution >= 4 is 43.2 Å². The van der Waals surface area contributed by atoms with Gasteiger partial charge in [-0.05, 0) is 30.2 Å². The molecule has 0 saturated carbocycles. The summed E-state index contributed by atoms with van der Waals surface area (Å²) in [5, 5.41) is 2.73. The minimum Gasteiger partial charge on any atom is -0.494 e. The number of ether oxygens (including phenoxy) is 1. The van der Waals surface area contributed by atoms with Gasteiger partial charge in [0.1, 0.15) is 17.6 Å². The second kappa shape index (κ2) is 8.79. The van der Waals surface area contributed by atoms with Crippen LogP contribution in [-0.2, 0) is 24.8 Å². The van der Waals surface area contributed by atoms with Crippen LogP contribution in [0.2, 0.25) is 0 Å². The molecule has 12 heteroatoms. The number of fused-ring (bicyclic) bond motifs is 1. The number of amidine groups is 1. The van der Waals surface area contributed by atoms with Crippen LogP contribution in [0.25, 0.3) is 0 Å². The Morgan fingerprint density at radius 1 is 1.16 bits per heavy atom. The Morgan fingerprint density at radius 2 is 1.84 bits per heavy atom. The highest BCUT2D eigenvalue weighted by atomic mass is 32.2. The molecule has 0 radical (unpaired) electrons. The molecule has 3 rings (SSSR count). The number of sulfonamides is 2. The van der Waals surface area contributed by atoms with E-state index in [1.54, 1.807) is 32.0 Å². The molecule has 1 atom stereocenters. The van der Waals surface area contributed by atoms with E-state index < -0.39 is 32.0 Å². The number of hydrogen-bond donors (Lipinski definition) is 3. The van der Waals surface area contributed by atoms with Crippen molar-refractivity contribution < 1.29 is 26.4 Å². The van der Waals surface area contributed by atoms with Crippen LogP contribution in [0.15, 0.2) is 52.4 Å². The molecule has 0 saturated heterocycles. The zero-order valence-corrected chi connectivity index (χ0v) is 19.5. The van der Waals surface area contributed by atoms with E-state index in [-0.39, 0.29) is 28.1 Å². The minimum atomic E-state index is -3.72. The van der Waals surface area contributed by atoms with Crippen molar-refractivity contribution in [2.24, 2.45) is 10.9 Å². The fraction of sp³-hybridized carbons (Fsp3) is 0.300. The fourth-order valence-electron chi connectivity index (χ4n) is 3.15. The first kappa shape index (κ1) is 23.5. The Bertz CT molecular complexity index is 1290. The highest BCUT2D eigenvalue weighted by Crippen LogP contribution is 2.29. The summed E-state index contributed by atoms with van der Waals surface area (Å²) < 4.78 is 57.6. The Kier molecular flexibility index (Phi) is 6.46. The van der Waals surface area contributed by atoms with Gasteiger partial charge in [0.15, 0.2) is 0 Å². The molecular weight excluding hydrogens is 456 g/mol. The number of hydrogen-bond acceptors (Lipinski definition) is 7. The smallest absolute Gasteiger partial charge is 0.263 e. The van der Waals surface area contributed by atoms with Crippen LogP contribution in [0, 0.1) is 5.92 Å². The Balaban J connectivity index is 1.88. The molecule has 0 aromatic heterocycles. The van der Waals surface area contributed by atoms with Crippen molar-refractivity contribution in [3.8, 4) is 5.75 Å². The maximum Gasteiger partial charge on any atom is 0.263 e. The van der Waals surface area contributed by atoms with Gasteiger partial charge in [-0.1, -0.05) is 26.0 Å². The first-order valence-electron chi connectivity index (χ1n) is 9.58. The minimum absolute atomic E-state index is 0.111. The maximum absolute atomic E-state index is 13.0. The van der Waals surface area contributed by atoms with Crippen LogP contribution in [0.3, 0.4) is 0 Å². The molecule has 0 aliphatic carbocycles. The third-order valence-corrected chi connectivity index (χ3v) is 6.58. The van der Waals surface area contributed by atoms with Crippen LogP contribution < -0.4 is 19.5 Å². The van der Waals surface area contributed by atoms with E-state index in [4.69, 9.17) is 4.74 Å². The molecule has 1 amide bonds. The Hall–Kier alpha value is -3.12. The molecule has 3 N–H and O–H groups in total. The second-order valence-corrected chi connectivity index (χ2v) is 10.9. The number of aliphatic imine (C=N–C) groups is 1. The van der Waals surface area contributed by atoms with Gasteiger partial charge in [0.2, 0.25) is 15.9 Å². The molecule has 2 aromatic carbocycles. The largest absolute Gasteiger partial charge is 0.494 e. The van der Waals surface area contributed by atoms with Crippen LogP contribution in [-0.4, -0.2) is 48.0 Å². The summed E-state index contributed by atoms with van der Waals surface area (Å²) in [6, 6.07) is 9.98. The standard InChI is InChI=1S/C20H24N4O6S2/c1-12(2)18(22-19-14-7-5-6-8-17(14)32(28,29)24-19)20(25)21-13-9-10-15(16(11-13)30-3)23-31(4,26)27/h5-12,18,23H,1-4H3,(H,21,25)(H,22,24)/t18-/m0/s1. The zero-order chi connectivity index (χ0) is 23.7. The average molecular weight is 481 g/mol. The SMILES string of the molecule is COc1cc(NC(=O)[C@@H](N=C2NS(=O)(=O)c3ccccc32)C(C)C)ccc1NS(C)(=O)=O. The summed E-state index contributed by atoms with van der Waals surface area (Å²) in [5.41, 5.74) is 0.999. The summed E-state index contributed by atoms with van der Waals surface area (Å²) in [5.74, 6) is -0.368. The third-order valence-electron chi connectivity index (χ3n) is 4.60. The van der Waals surface area contributed by atoms with Gasteiger partial charge < -0.3 is 10.1 Å². The van der Waals surface area contributed by atoms with Crippen molar-refractivity contribution in [2.75, 3.05) is 23.4 Å². The van der Waals surface area contributed by atoms with Crippen molar-refractivity contribution in [1.82, 2.24) is 4.72 Å². The molecule has 0 spiro atoms. The summed E-state index contributed by atoms with van der Waals surface area (Å²) in [7, 11) is -5.86. The number of rotatable bonds is 7. The predicted octanol–water partition coefficient (Wildman–Crippen LogP) is 1.77. The topological polar surface area (TPSA) is 143 Å². The van der Waals surface area contributed by atoms with Crippen molar-refractivity contribution in [3.05, 3.63) is 48.0 Å². The van der Waals surface area contributed by atoms with E-state index in [2.05, 4.69) is 19.8 Å². The average Bonchev–Trinajstić information content (AvgIpc) is 2.96. The number of nitrogens with one attached hydrogen (secondary N) is 3. The monoisotopic (exact) mass is 480 g/mol. The number of amides is 1. The first-order chi connectivity index (χ1) is 14.9. The van der Waals surface area contributed by atoms with Gasteiger partial charge >= 0.3 is 0 Å². The zero-order valence-electron chi connectivity index (χ0n) is 17.9. The normalized spacial score (nSPS) is 16.8. The van der Waals surface area contributed by atoms with Gasteiger partial charge in [-0.25, -0.2) is 16.8 Å². The van der Waals surface area contributed by atoms with E-state index in [0.29, 0.717) is 11.3 Å². The van der Waals surface area contributed by atoms with Crippen LogP contribution in [0.5, 0.6) is 5.75 Å². The lowest BCUT2D eigenvalue weighted by Gasteiger charge is -2.18. The lowest BCUT2D eigenvalue weighted by atomic mass is 10.0. The van der Waals surface area contributed by atoms with Crippen molar-refractivity contribution in [3.63, 3.8) is 0 Å². The first-order valence-corrected chi connectivity index (χ1v) is 13.0. The predicted molar refractivity (Wildman–Crippen MR) is 122 cm³/mol. The Morgan fingerprint density at radius 3 is 2.47 bits per heavy atom. The van der Waals surface area contributed by atoms with Gasteiger partial charge in [0.05, 0.1) is 23.9 Å². The number of methoxy groups -OCH3 is 1. The van der Waals surface area contributed by atoms with Gasteiger partial charge in [-0.2, -0.15) is 0 Å². The second-order valence-electron chi connectivity index (χ2n) is 7.55. The summed E-state index contributed by atoms with van der Waals surface area (Å²) >= 11 is 0. The maximum atomic E-state index is 13.0. The molecule has 0 fully saturated rings. The van der Waals surface area contributed by atoms with Gasteiger partial charge in [-0.15, -0.1) is 0 Å². The molecule has 1 aliphatic rings. The third kappa shape index (κ3) is 5.19. The molecule has 1 heterocycles. The number of anilines is 2. The van der Waals surface area contributed by atoms with Crippen molar-refractivity contribution in [2.45, 2.75) is 24.8 Å². The Labute approximate surface area is 187 Å². The molecule has 172 valence electrons. The van der Waals surface area contributed by atoms with Gasteiger partial charge in [0, 0.05) is 17.3 Å². The van der Waals surface area contributed by atoms with Gasteiger partial charge in [0.25, 0.3) is 10.0 Å². The number of carbonyl (C=O) groups excluding carboxylic acids is 1. The van der Waals surface area contributed by atoms with E-state index in [1.165, 1.54) is 31.4 Å². The lowest BCUT2D eigenvalue weighted by molar-refractivity contribution is -0.118. The molecular formula is C20H24N4O6S2. The summed E-state index contributed by atoms with van der Waals surface area (Å²) in [6.07, 6.45) is 1.02. The fourth-order valence-corrected chi connectivity index (χ4v) is 4.96. The van der Waals surface area contributed by atoms with Crippen LogP contribution in [0.4, 0.5) is 11.4 Å². The van der Waals surface area contributed by atoms with Crippen molar-refractivity contribution in [1.29, 1.82) is 0 Å². The lowest BCUT2D eigenvalue weighted by Crippen LogP contribution is -2.34. The van der Waals surface area contributed by atoms with Crippen LogP contribution >= 0.6 is 0 Å². The number of nitrogens with zero attached hydrogens (tertiary/aromatic N) is 1. The van der Waals surface area contributed by atoms with Gasteiger partial charge in [-0.3, -0.25) is 19.2 Å². The molecule has 1 aliphatic heterocycles. The number of benzene rings is 2. The van der Waals surface area contributed by atoms with E-state index in [9.17, 15) is 21.6 Å². The summed E-state index contributed by atoms with van der Waals surface area (Å²) in [4.78, 5) is 17.5. The quantitative estimate of drug-likeness (QED) is 0.551. The highest BCUT2D eigenvalue weighted by Gasteiger charge is 2.32. The highest BCUT2D eigenvalue weighted by molar-refractivity contribution is 7.92. The van der Waals surface area contributed by atoms with E-state index >= 15 is 0 Å². The van der Waals surface area contributed by atoms with E-state index in [0.717, 1.165) is 6.26 Å². The molecule has 32 heavy (non-hydrogen) atoms. The molecule has 2 aromatic rings. The van der Waals surface area contributed by atoms with E-state index in [1.807, 2.05) is 0 Å². The molecule has 0 bridgehead atoms. The summed E-state index contributed by atoms with van der Waals surface area (Å²) in [6.45, 7) is 3.59. The van der Waals surface area contributed by atoms with Crippen LogP contribution in [0.1, 0.15) is 19.4 Å². The molecule has 10 nitrogen and oxygen atoms in total. The molecule has 0 unspecified atom stereocenters. The number of carbonyl (C=O) groups is 1.